The number of hydrogen-bond acceptors (Lipinski definition) is 4. The number of carbonyl (C=O) groups is 1. The van der Waals surface area contributed by atoms with Gasteiger partial charge in [0.15, 0.2) is 5.69 Å². The van der Waals surface area contributed by atoms with Gasteiger partial charge in [-0.05, 0) is 62.9 Å². The third-order valence-electron chi connectivity index (χ3n) is 5.25. The predicted octanol–water partition coefficient (Wildman–Crippen LogP) is 5.37. The Morgan fingerprint density at radius 1 is 1.07 bits per heavy atom. The maximum Gasteiger partial charge on any atom is 0.274 e. The summed E-state index contributed by atoms with van der Waals surface area (Å²) in [5.74, 6) is 1.08. The molecule has 29 heavy (non-hydrogen) atoms. The van der Waals surface area contributed by atoms with E-state index in [1.807, 2.05) is 63.2 Å². The van der Waals surface area contributed by atoms with Gasteiger partial charge in [0.1, 0.15) is 18.1 Å². The third-order valence-corrected chi connectivity index (χ3v) is 5.25. The fraction of sp³-hybridized carbons (Fsp3) is 0.333. The number of benzene rings is 2. The quantitative estimate of drug-likeness (QED) is 0.587. The Hall–Kier alpha value is -3.08. The van der Waals surface area contributed by atoms with Crippen molar-refractivity contribution in [2.75, 3.05) is 0 Å². The van der Waals surface area contributed by atoms with Gasteiger partial charge in [0.05, 0.1) is 11.6 Å². The van der Waals surface area contributed by atoms with Crippen LogP contribution in [0.1, 0.15) is 63.5 Å². The molecule has 1 amide bonds. The molecule has 0 radical (unpaired) electrons. The Balaban J connectivity index is 1.74. The second-order valence-electron chi connectivity index (χ2n) is 7.45. The van der Waals surface area contributed by atoms with Crippen molar-refractivity contribution in [2.24, 2.45) is 0 Å². The van der Waals surface area contributed by atoms with Crippen LogP contribution >= 0.6 is 0 Å². The van der Waals surface area contributed by atoms with Gasteiger partial charge in [-0.1, -0.05) is 48.0 Å². The fourth-order valence-electron chi connectivity index (χ4n) is 3.15. The molecule has 0 saturated carbocycles. The molecule has 3 rings (SSSR count). The average molecular weight is 392 g/mol. The van der Waals surface area contributed by atoms with Gasteiger partial charge < -0.3 is 14.6 Å². The first-order valence-electron chi connectivity index (χ1n) is 9.91. The van der Waals surface area contributed by atoms with E-state index < -0.39 is 0 Å². The monoisotopic (exact) mass is 392 g/mol. The van der Waals surface area contributed by atoms with E-state index in [0.717, 1.165) is 23.3 Å². The van der Waals surface area contributed by atoms with Gasteiger partial charge in [0.25, 0.3) is 5.91 Å². The zero-order chi connectivity index (χ0) is 21.0. The lowest BCUT2D eigenvalue weighted by molar-refractivity contribution is 0.0924. The molecule has 0 aliphatic heterocycles. The molecule has 1 heterocycles. The standard InChI is InChI=1S/C24H28N2O3/c1-6-22(19-10-7-15(2)8-11-19)25-24(27)23-21(18(5)29-26-23)14-28-20-12-9-16(3)17(4)13-20/h7-13,22H,6,14H2,1-5H3,(H,25,27). The minimum absolute atomic E-state index is 0.0892. The SMILES string of the molecule is CCC(NC(=O)c1noc(C)c1COc1ccc(C)c(C)c1)c1ccc(C)cc1. The highest BCUT2D eigenvalue weighted by molar-refractivity contribution is 5.94. The normalized spacial score (nSPS) is 11.9. The Morgan fingerprint density at radius 3 is 2.45 bits per heavy atom. The number of hydrogen-bond donors (Lipinski definition) is 1. The minimum atomic E-state index is -0.257. The van der Waals surface area contributed by atoms with Crippen LogP contribution in [0.25, 0.3) is 0 Å². The average Bonchev–Trinajstić information content (AvgIpc) is 3.08. The van der Waals surface area contributed by atoms with Crippen LogP contribution in [0.3, 0.4) is 0 Å². The molecule has 1 unspecified atom stereocenters. The van der Waals surface area contributed by atoms with Crippen molar-refractivity contribution in [2.45, 2.75) is 53.7 Å². The molecule has 1 aromatic heterocycles. The van der Waals surface area contributed by atoms with E-state index >= 15 is 0 Å². The molecule has 2 aromatic carbocycles. The number of nitrogens with one attached hydrogen (secondary N) is 1. The molecule has 3 aromatic rings. The molecule has 1 N–H and O–H groups in total. The fourth-order valence-corrected chi connectivity index (χ4v) is 3.15. The smallest absolute Gasteiger partial charge is 0.274 e. The lowest BCUT2D eigenvalue weighted by atomic mass is 10.0. The number of amides is 1. The first-order valence-corrected chi connectivity index (χ1v) is 9.91. The lowest BCUT2D eigenvalue weighted by Gasteiger charge is -2.17. The van der Waals surface area contributed by atoms with Crippen LogP contribution in [0.15, 0.2) is 47.0 Å². The summed E-state index contributed by atoms with van der Waals surface area (Å²) >= 11 is 0. The van der Waals surface area contributed by atoms with Gasteiger partial charge in [-0.2, -0.15) is 0 Å². The molecular weight excluding hydrogens is 364 g/mol. The Bertz CT molecular complexity index is 990. The highest BCUT2D eigenvalue weighted by atomic mass is 16.5. The highest BCUT2D eigenvalue weighted by Crippen LogP contribution is 2.22. The zero-order valence-corrected chi connectivity index (χ0v) is 17.7. The summed E-state index contributed by atoms with van der Waals surface area (Å²) in [5.41, 5.74) is 5.57. The van der Waals surface area contributed by atoms with Crippen LogP contribution in [-0.4, -0.2) is 11.1 Å². The molecule has 152 valence electrons. The summed E-state index contributed by atoms with van der Waals surface area (Å²) in [4.78, 5) is 12.9. The molecule has 0 spiro atoms. The van der Waals surface area contributed by atoms with Gasteiger partial charge in [-0.25, -0.2) is 0 Å². The molecule has 0 fully saturated rings. The van der Waals surface area contributed by atoms with Crippen LogP contribution in [-0.2, 0) is 6.61 Å². The van der Waals surface area contributed by atoms with E-state index in [0.29, 0.717) is 11.3 Å². The van der Waals surface area contributed by atoms with Crippen LogP contribution in [0.4, 0.5) is 0 Å². The summed E-state index contributed by atoms with van der Waals surface area (Å²) in [7, 11) is 0. The molecule has 0 aliphatic rings. The van der Waals surface area contributed by atoms with Crippen molar-refractivity contribution in [3.8, 4) is 5.75 Å². The maximum absolute atomic E-state index is 12.9. The topological polar surface area (TPSA) is 64.4 Å². The van der Waals surface area contributed by atoms with Crippen molar-refractivity contribution in [1.82, 2.24) is 10.5 Å². The number of nitrogens with zero attached hydrogens (tertiary/aromatic N) is 1. The summed E-state index contributed by atoms with van der Waals surface area (Å²) in [5, 5.41) is 7.06. The van der Waals surface area contributed by atoms with Crippen molar-refractivity contribution >= 4 is 5.91 Å². The molecule has 0 bridgehead atoms. The predicted molar refractivity (Wildman–Crippen MR) is 113 cm³/mol. The summed E-state index contributed by atoms with van der Waals surface area (Å²) < 4.78 is 11.2. The lowest BCUT2D eigenvalue weighted by Crippen LogP contribution is -2.29. The largest absolute Gasteiger partial charge is 0.489 e. The Morgan fingerprint density at radius 2 is 1.79 bits per heavy atom. The Labute approximate surface area is 172 Å². The molecule has 0 saturated heterocycles. The summed E-state index contributed by atoms with van der Waals surface area (Å²) in [6.07, 6.45) is 0.778. The molecule has 0 aliphatic carbocycles. The van der Waals surface area contributed by atoms with Gasteiger partial charge >= 0.3 is 0 Å². The van der Waals surface area contributed by atoms with E-state index in [2.05, 4.69) is 17.4 Å². The number of aromatic nitrogens is 1. The van der Waals surface area contributed by atoms with Crippen molar-refractivity contribution in [1.29, 1.82) is 0 Å². The van der Waals surface area contributed by atoms with Gasteiger partial charge in [-0.15, -0.1) is 0 Å². The number of rotatable bonds is 7. The van der Waals surface area contributed by atoms with E-state index in [4.69, 9.17) is 9.26 Å². The van der Waals surface area contributed by atoms with E-state index in [9.17, 15) is 4.79 Å². The molecule has 5 nitrogen and oxygen atoms in total. The van der Waals surface area contributed by atoms with Gasteiger partial charge in [0, 0.05) is 0 Å². The summed E-state index contributed by atoms with van der Waals surface area (Å²) in [6.45, 7) is 10.2. The van der Waals surface area contributed by atoms with Crippen molar-refractivity contribution in [3.63, 3.8) is 0 Å². The highest BCUT2D eigenvalue weighted by Gasteiger charge is 2.23. The van der Waals surface area contributed by atoms with Crippen molar-refractivity contribution in [3.05, 3.63) is 81.7 Å². The zero-order valence-electron chi connectivity index (χ0n) is 17.7. The van der Waals surface area contributed by atoms with Crippen LogP contribution < -0.4 is 10.1 Å². The molecule has 1 atom stereocenters. The molecular formula is C24H28N2O3. The Kier molecular flexibility index (Phi) is 6.37. The van der Waals surface area contributed by atoms with E-state index in [1.54, 1.807) is 6.92 Å². The second kappa shape index (κ2) is 8.95. The van der Waals surface area contributed by atoms with Crippen LogP contribution in [0.2, 0.25) is 0 Å². The van der Waals surface area contributed by atoms with E-state index in [-0.39, 0.29) is 24.2 Å². The summed E-state index contributed by atoms with van der Waals surface area (Å²) in [6, 6.07) is 14.0. The maximum atomic E-state index is 12.9. The first kappa shape index (κ1) is 20.6. The van der Waals surface area contributed by atoms with Crippen LogP contribution in [0, 0.1) is 27.7 Å². The minimum Gasteiger partial charge on any atom is -0.489 e. The van der Waals surface area contributed by atoms with Gasteiger partial charge in [0.2, 0.25) is 0 Å². The number of ether oxygens (including phenoxy) is 1. The van der Waals surface area contributed by atoms with Crippen LogP contribution in [0.5, 0.6) is 5.75 Å². The van der Waals surface area contributed by atoms with E-state index in [1.165, 1.54) is 11.1 Å². The third kappa shape index (κ3) is 4.86. The molecule has 5 heteroatoms. The van der Waals surface area contributed by atoms with Gasteiger partial charge in [-0.3, -0.25) is 4.79 Å². The number of carbonyl (C=O) groups excluding carboxylic acids is 1. The first-order chi connectivity index (χ1) is 13.9. The second-order valence-corrected chi connectivity index (χ2v) is 7.45. The number of aryl methyl sites for hydroxylation is 4. The van der Waals surface area contributed by atoms with Crippen molar-refractivity contribution < 1.29 is 14.1 Å².